The van der Waals surface area contributed by atoms with E-state index in [1.807, 2.05) is 30.5 Å². The Balaban J connectivity index is 1.51. The number of anilines is 1. The van der Waals surface area contributed by atoms with Crippen LogP contribution in [0.3, 0.4) is 0 Å². The van der Waals surface area contributed by atoms with Crippen molar-refractivity contribution < 1.29 is 9.53 Å². The van der Waals surface area contributed by atoms with Crippen molar-refractivity contribution in [2.45, 2.75) is 24.1 Å². The second-order valence-corrected chi connectivity index (χ2v) is 9.20. The molecule has 28 heavy (non-hydrogen) atoms. The van der Waals surface area contributed by atoms with Crippen LogP contribution >= 0.6 is 34.4 Å². The molecule has 0 aliphatic heterocycles. The summed E-state index contributed by atoms with van der Waals surface area (Å²) in [6.07, 6.45) is 4.13. The van der Waals surface area contributed by atoms with Crippen molar-refractivity contribution in [1.29, 1.82) is 0 Å². The minimum absolute atomic E-state index is 0.176. The molecule has 0 fully saturated rings. The number of fused-ring (bicyclic) bond motifs is 3. The molecule has 0 saturated heterocycles. The Bertz CT molecular complexity index is 1120. The highest BCUT2D eigenvalue weighted by Gasteiger charge is 2.14. The summed E-state index contributed by atoms with van der Waals surface area (Å²) in [6, 6.07) is 11.1. The zero-order chi connectivity index (χ0) is 19.5. The van der Waals surface area contributed by atoms with E-state index in [-0.39, 0.29) is 5.91 Å². The van der Waals surface area contributed by atoms with Gasteiger partial charge in [-0.3, -0.25) is 10.1 Å². The summed E-state index contributed by atoms with van der Waals surface area (Å²) >= 11 is 4.78. The average Bonchev–Trinajstić information content (AvgIpc) is 3.31. The fourth-order valence-electron chi connectivity index (χ4n) is 2.70. The second-order valence-electron chi connectivity index (χ2n) is 6.15. The molecule has 0 saturated carbocycles. The SMILES string of the molecule is CCCCOc1ccc(C(=O)Nc2nc3ccc4nc(SC)sc4c3s2)cc1. The molecule has 2 aromatic heterocycles. The topological polar surface area (TPSA) is 64.1 Å². The van der Waals surface area contributed by atoms with Gasteiger partial charge in [-0.1, -0.05) is 36.4 Å². The first-order chi connectivity index (χ1) is 13.7. The molecule has 4 aromatic rings. The lowest BCUT2D eigenvalue weighted by atomic mass is 10.2. The van der Waals surface area contributed by atoms with Gasteiger partial charge in [-0.05, 0) is 49.1 Å². The van der Waals surface area contributed by atoms with Crippen molar-refractivity contribution in [2.75, 3.05) is 18.2 Å². The Morgan fingerprint density at radius 3 is 2.50 bits per heavy atom. The van der Waals surface area contributed by atoms with E-state index in [1.165, 1.54) is 11.3 Å². The van der Waals surface area contributed by atoms with Gasteiger partial charge in [0.2, 0.25) is 0 Å². The molecule has 4 rings (SSSR count). The molecule has 0 aliphatic rings. The number of thiazole rings is 2. The maximum absolute atomic E-state index is 12.6. The first-order valence-corrected chi connectivity index (χ1v) is 11.8. The largest absolute Gasteiger partial charge is 0.494 e. The highest BCUT2D eigenvalue weighted by Crippen LogP contribution is 2.38. The molecule has 8 heteroatoms. The number of rotatable bonds is 7. The van der Waals surface area contributed by atoms with E-state index in [4.69, 9.17) is 4.74 Å². The third-order valence-electron chi connectivity index (χ3n) is 4.17. The summed E-state index contributed by atoms with van der Waals surface area (Å²) in [5.41, 5.74) is 2.43. The highest BCUT2D eigenvalue weighted by atomic mass is 32.2. The summed E-state index contributed by atoms with van der Waals surface area (Å²) in [5.74, 6) is 0.603. The fraction of sp³-hybridized carbons (Fsp3) is 0.250. The van der Waals surface area contributed by atoms with Gasteiger partial charge in [0.1, 0.15) is 5.75 Å². The standard InChI is InChI=1S/C20H19N3O2S3/c1-3-4-11-25-13-7-5-12(6-8-13)18(24)23-19-21-14-9-10-15-17(16(14)27-19)28-20(22-15)26-2/h5-10H,3-4,11H2,1-2H3,(H,21,23,24). The zero-order valence-corrected chi connectivity index (χ0v) is 18.0. The smallest absolute Gasteiger partial charge is 0.257 e. The number of aromatic nitrogens is 2. The van der Waals surface area contributed by atoms with Crippen LogP contribution in [0, 0.1) is 0 Å². The molecular weight excluding hydrogens is 410 g/mol. The molecule has 5 nitrogen and oxygen atoms in total. The van der Waals surface area contributed by atoms with Crippen molar-refractivity contribution in [3.8, 4) is 5.75 Å². The Morgan fingerprint density at radius 2 is 1.79 bits per heavy atom. The Labute approximate surface area is 175 Å². The normalized spacial score (nSPS) is 11.2. The molecule has 144 valence electrons. The summed E-state index contributed by atoms with van der Waals surface area (Å²) < 4.78 is 8.85. The van der Waals surface area contributed by atoms with E-state index in [0.29, 0.717) is 17.3 Å². The van der Waals surface area contributed by atoms with Crippen LogP contribution in [0.15, 0.2) is 40.7 Å². The maximum atomic E-state index is 12.6. The van der Waals surface area contributed by atoms with Crippen LogP contribution in [-0.4, -0.2) is 28.7 Å². The number of carbonyl (C=O) groups is 1. The van der Waals surface area contributed by atoms with Gasteiger partial charge < -0.3 is 4.74 Å². The maximum Gasteiger partial charge on any atom is 0.257 e. The van der Waals surface area contributed by atoms with Crippen LogP contribution in [0.25, 0.3) is 20.4 Å². The summed E-state index contributed by atoms with van der Waals surface area (Å²) in [7, 11) is 0. The Kier molecular flexibility index (Phi) is 5.79. The molecular formula is C20H19N3O2S3. The number of carbonyl (C=O) groups excluding carboxylic acids is 1. The number of benzene rings is 2. The first kappa shape index (κ1) is 19.2. The molecule has 0 bridgehead atoms. The molecule has 1 N–H and O–H groups in total. The minimum Gasteiger partial charge on any atom is -0.494 e. The van der Waals surface area contributed by atoms with Gasteiger partial charge >= 0.3 is 0 Å². The van der Waals surface area contributed by atoms with Gasteiger partial charge in [-0.15, -0.1) is 11.3 Å². The van der Waals surface area contributed by atoms with E-state index in [2.05, 4.69) is 22.2 Å². The van der Waals surface area contributed by atoms with Crippen molar-refractivity contribution in [2.24, 2.45) is 0 Å². The Hall–Kier alpha value is -2.16. The molecule has 0 unspecified atom stereocenters. The van der Waals surface area contributed by atoms with E-state index in [9.17, 15) is 4.79 Å². The number of nitrogens with one attached hydrogen (secondary N) is 1. The van der Waals surface area contributed by atoms with Crippen LogP contribution < -0.4 is 10.1 Å². The van der Waals surface area contributed by atoms with Gasteiger partial charge in [0, 0.05) is 5.56 Å². The predicted molar refractivity (Wildman–Crippen MR) is 119 cm³/mol. The number of hydrogen-bond donors (Lipinski definition) is 1. The third-order valence-corrected chi connectivity index (χ3v) is 7.38. The number of ether oxygens (including phenoxy) is 1. The lowest BCUT2D eigenvalue weighted by molar-refractivity contribution is 0.102. The quantitative estimate of drug-likeness (QED) is 0.286. The summed E-state index contributed by atoms with van der Waals surface area (Å²) in [6.45, 7) is 2.82. The average molecular weight is 430 g/mol. The van der Waals surface area contributed by atoms with E-state index in [0.717, 1.165) is 43.4 Å². The van der Waals surface area contributed by atoms with Crippen molar-refractivity contribution in [3.05, 3.63) is 42.0 Å². The monoisotopic (exact) mass is 429 g/mol. The van der Waals surface area contributed by atoms with Crippen LogP contribution in [0.1, 0.15) is 30.1 Å². The molecule has 2 heterocycles. The predicted octanol–water partition coefficient (Wildman–Crippen LogP) is 6.06. The summed E-state index contributed by atoms with van der Waals surface area (Å²) in [5, 5.41) is 3.50. The molecule has 0 spiro atoms. The number of hydrogen-bond acceptors (Lipinski definition) is 7. The third kappa shape index (κ3) is 3.99. The van der Waals surface area contributed by atoms with Gasteiger partial charge in [0.05, 0.1) is 27.0 Å². The van der Waals surface area contributed by atoms with E-state index in [1.54, 1.807) is 35.2 Å². The molecule has 2 aromatic carbocycles. The van der Waals surface area contributed by atoms with Gasteiger partial charge in [0.15, 0.2) is 9.47 Å². The lowest BCUT2D eigenvalue weighted by Gasteiger charge is -2.06. The number of nitrogens with zero attached hydrogens (tertiary/aromatic N) is 2. The highest BCUT2D eigenvalue weighted by molar-refractivity contribution is 8.00. The van der Waals surface area contributed by atoms with Crippen LogP contribution in [0.2, 0.25) is 0 Å². The van der Waals surface area contributed by atoms with Gasteiger partial charge in [-0.2, -0.15) is 0 Å². The number of unbranched alkanes of at least 4 members (excludes halogenated alkanes) is 1. The second kappa shape index (κ2) is 8.46. The Morgan fingerprint density at radius 1 is 1.07 bits per heavy atom. The fourth-order valence-corrected chi connectivity index (χ4v) is 5.35. The van der Waals surface area contributed by atoms with E-state index >= 15 is 0 Å². The van der Waals surface area contributed by atoms with Crippen molar-refractivity contribution in [1.82, 2.24) is 9.97 Å². The van der Waals surface area contributed by atoms with Gasteiger partial charge in [-0.25, -0.2) is 9.97 Å². The van der Waals surface area contributed by atoms with Gasteiger partial charge in [0.25, 0.3) is 5.91 Å². The first-order valence-electron chi connectivity index (χ1n) is 8.96. The number of amides is 1. The lowest BCUT2D eigenvalue weighted by Crippen LogP contribution is -2.11. The molecule has 0 aliphatic carbocycles. The van der Waals surface area contributed by atoms with Crippen molar-refractivity contribution >= 4 is 65.9 Å². The zero-order valence-electron chi connectivity index (χ0n) is 15.5. The molecule has 0 radical (unpaired) electrons. The molecule has 1 amide bonds. The number of thioether (sulfide) groups is 1. The minimum atomic E-state index is -0.176. The van der Waals surface area contributed by atoms with Crippen LogP contribution in [0.5, 0.6) is 5.75 Å². The van der Waals surface area contributed by atoms with Crippen LogP contribution in [-0.2, 0) is 0 Å². The van der Waals surface area contributed by atoms with Crippen LogP contribution in [0.4, 0.5) is 5.13 Å². The molecule has 0 atom stereocenters. The summed E-state index contributed by atoms with van der Waals surface area (Å²) in [4.78, 5) is 21.7. The van der Waals surface area contributed by atoms with E-state index < -0.39 is 0 Å². The van der Waals surface area contributed by atoms with Crippen molar-refractivity contribution in [3.63, 3.8) is 0 Å².